The molecule has 0 radical (unpaired) electrons. The van der Waals surface area contributed by atoms with Crippen LogP contribution in [0, 0.1) is 6.92 Å². The Balaban J connectivity index is 1.68. The number of rotatable bonds is 5. The fraction of sp³-hybridized carbons (Fsp3) is 0.217. The van der Waals surface area contributed by atoms with Crippen molar-refractivity contribution >= 4 is 33.3 Å². The number of thiophene rings is 1. The lowest BCUT2D eigenvalue weighted by molar-refractivity contribution is 0.866. The van der Waals surface area contributed by atoms with Crippen molar-refractivity contribution in [3.05, 3.63) is 76.9 Å². The largest absolute Gasteiger partial charge is 0.229 e. The zero-order valence-corrected chi connectivity index (χ0v) is 17.4. The summed E-state index contributed by atoms with van der Waals surface area (Å²) in [6, 6.07) is 19.5. The molecule has 2 aromatic heterocycles. The molecule has 2 nitrogen and oxygen atoms in total. The second-order valence-corrected chi connectivity index (χ2v) is 9.11. The number of hydrogen-bond acceptors (Lipinski definition) is 4. The lowest BCUT2D eigenvalue weighted by Gasteiger charge is -2.08. The van der Waals surface area contributed by atoms with Crippen molar-refractivity contribution in [3.8, 4) is 11.1 Å². The standard InChI is InChI=1S/C23H22N2S2/c1-15(2)18-11-9-17(10-12-18)13-26-22-21-20(19-7-5-4-6-8-19)16(3)27-23(21)25-14-24-22/h4-12,14-15H,13H2,1-3H3. The maximum Gasteiger partial charge on any atom is 0.128 e. The molecule has 0 saturated heterocycles. The fourth-order valence-electron chi connectivity index (χ4n) is 3.23. The van der Waals surface area contributed by atoms with E-state index in [0.29, 0.717) is 5.92 Å². The van der Waals surface area contributed by atoms with Gasteiger partial charge in [0.15, 0.2) is 0 Å². The maximum atomic E-state index is 4.63. The van der Waals surface area contributed by atoms with Crippen LogP contribution in [0.25, 0.3) is 21.3 Å². The van der Waals surface area contributed by atoms with Crippen LogP contribution in [0.1, 0.15) is 35.8 Å². The lowest BCUT2D eigenvalue weighted by Crippen LogP contribution is -1.90. The van der Waals surface area contributed by atoms with Gasteiger partial charge < -0.3 is 0 Å². The van der Waals surface area contributed by atoms with Crippen LogP contribution in [0.5, 0.6) is 0 Å². The van der Waals surface area contributed by atoms with E-state index in [4.69, 9.17) is 0 Å². The maximum absolute atomic E-state index is 4.63. The summed E-state index contributed by atoms with van der Waals surface area (Å²) in [5.74, 6) is 1.48. The van der Waals surface area contributed by atoms with Gasteiger partial charge >= 0.3 is 0 Å². The normalized spacial score (nSPS) is 11.4. The molecular weight excluding hydrogens is 368 g/mol. The Morgan fingerprint density at radius 1 is 0.963 bits per heavy atom. The molecule has 27 heavy (non-hydrogen) atoms. The Labute approximate surface area is 168 Å². The summed E-state index contributed by atoms with van der Waals surface area (Å²) in [7, 11) is 0. The van der Waals surface area contributed by atoms with Crippen LogP contribution in [0.15, 0.2) is 66.0 Å². The highest BCUT2D eigenvalue weighted by atomic mass is 32.2. The second-order valence-electron chi connectivity index (χ2n) is 6.94. The third kappa shape index (κ3) is 3.78. The topological polar surface area (TPSA) is 25.8 Å². The summed E-state index contributed by atoms with van der Waals surface area (Å²) in [6.07, 6.45) is 1.69. The highest BCUT2D eigenvalue weighted by Gasteiger charge is 2.16. The number of thioether (sulfide) groups is 1. The van der Waals surface area contributed by atoms with Crippen LogP contribution in [0.4, 0.5) is 0 Å². The predicted molar refractivity (Wildman–Crippen MR) is 118 cm³/mol. The number of fused-ring (bicyclic) bond motifs is 1. The van der Waals surface area contributed by atoms with Gasteiger partial charge in [0, 0.05) is 16.2 Å². The molecule has 0 amide bonds. The number of benzene rings is 2. The van der Waals surface area contributed by atoms with Crippen molar-refractivity contribution in [1.82, 2.24) is 9.97 Å². The van der Waals surface area contributed by atoms with E-state index < -0.39 is 0 Å². The minimum absolute atomic E-state index is 0.565. The molecule has 0 N–H and O–H groups in total. The molecule has 0 aliphatic carbocycles. The highest BCUT2D eigenvalue weighted by molar-refractivity contribution is 7.98. The number of hydrogen-bond donors (Lipinski definition) is 0. The first-order chi connectivity index (χ1) is 13.1. The van der Waals surface area contributed by atoms with Gasteiger partial charge in [-0.3, -0.25) is 0 Å². The molecule has 4 aromatic rings. The summed E-state index contributed by atoms with van der Waals surface area (Å²) in [5, 5.41) is 2.26. The van der Waals surface area contributed by atoms with Gasteiger partial charge in [0.05, 0.1) is 5.39 Å². The zero-order chi connectivity index (χ0) is 18.8. The van der Waals surface area contributed by atoms with Crippen molar-refractivity contribution < 1.29 is 0 Å². The van der Waals surface area contributed by atoms with E-state index in [9.17, 15) is 0 Å². The molecule has 0 saturated carbocycles. The van der Waals surface area contributed by atoms with Gasteiger partial charge in [-0.05, 0) is 29.5 Å². The van der Waals surface area contributed by atoms with Gasteiger partial charge in [-0.2, -0.15) is 0 Å². The minimum atomic E-state index is 0.565. The van der Waals surface area contributed by atoms with Crippen molar-refractivity contribution in [1.29, 1.82) is 0 Å². The molecule has 0 fully saturated rings. The molecule has 2 heterocycles. The van der Waals surface area contributed by atoms with Gasteiger partial charge in [0.25, 0.3) is 0 Å². The summed E-state index contributed by atoms with van der Waals surface area (Å²) in [6.45, 7) is 6.63. The average molecular weight is 391 g/mol. The fourth-order valence-corrected chi connectivity index (χ4v) is 5.27. The van der Waals surface area contributed by atoms with Gasteiger partial charge in [-0.1, -0.05) is 68.4 Å². The first kappa shape index (κ1) is 18.2. The van der Waals surface area contributed by atoms with Crippen LogP contribution >= 0.6 is 23.1 Å². The van der Waals surface area contributed by atoms with E-state index in [2.05, 4.69) is 85.3 Å². The summed E-state index contributed by atoms with van der Waals surface area (Å²) < 4.78 is 0. The molecule has 0 bridgehead atoms. The Hall–Kier alpha value is -2.17. The number of aryl methyl sites for hydroxylation is 1. The van der Waals surface area contributed by atoms with Crippen molar-refractivity contribution in [2.75, 3.05) is 0 Å². The van der Waals surface area contributed by atoms with Crippen LogP contribution in [-0.2, 0) is 5.75 Å². The van der Waals surface area contributed by atoms with E-state index in [-0.39, 0.29) is 0 Å². The molecular formula is C23H22N2S2. The Morgan fingerprint density at radius 2 is 1.70 bits per heavy atom. The molecule has 0 aliphatic rings. The van der Waals surface area contributed by atoms with Crippen LogP contribution in [0.2, 0.25) is 0 Å². The SMILES string of the molecule is Cc1sc2ncnc(SCc3ccc(C(C)C)cc3)c2c1-c1ccccc1. The summed E-state index contributed by atoms with van der Waals surface area (Å²) in [4.78, 5) is 11.5. The van der Waals surface area contributed by atoms with Crippen LogP contribution in [-0.4, -0.2) is 9.97 Å². The van der Waals surface area contributed by atoms with Crippen LogP contribution in [0.3, 0.4) is 0 Å². The van der Waals surface area contributed by atoms with Gasteiger partial charge in [-0.25, -0.2) is 9.97 Å². The first-order valence-corrected chi connectivity index (χ1v) is 10.9. The lowest BCUT2D eigenvalue weighted by atomic mass is 10.0. The van der Waals surface area contributed by atoms with E-state index in [1.807, 2.05) is 0 Å². The zero-order valence-electron chi connectivity index (χ0n) is 15.8. The van der Waals surface area contributed by atoms with E-state index in [1.54, 1.807) is 29.4 Å². The second kappa shape index (κ2) is 7.83. The van der Waals surface area contributed by atoms with Gasteiger partial charge in [0.2, 0.25) is 0 Å². The molecule has 2 aromatic carbocycles. The monoisotopic (exact) mass is 390 g/mol. The van der Waals surface area contributed by atoms with Gasteiger partial charge in [-0.15, -0.1) is 23.1 Å². The number of nitrogens with zero attached hydrogens (tertiary/aromatic N) is 2. The van der Waals surface area contributed by atoms with Crippen molar-refractivity contribution in [3.63, 3.8) is 0 Å². The molecule has 0 unspecified atom stereocenters. The third-order valence-electron chi connectivity index (χ3n) is 4.71. The molecule has 136 valence electrons. The third-order valence-corrected chi connectivity index (χ3v) is 6.79. The summed E-state index contributed by atoms with van der Waals surface area (Å²) in [5.41, 5.74) is 5.21. The van der Waals surface area contributed by atoms with E-state index >= 15 is 0 Å². The minimum Gasteiger partial charge on any atom is -0.229 e. The van der Waals surface area contributed by atoms with Crippen molar-refractivity contribution in [2.24, 2.45) is 0 Å². The van der Waals surface area contributed by atoms with Crippen LogP contribution < -0.4 is 0 Å². The molecule has 0 atom stereocenters. The smallest absolute Gasteiger partial charge is 0.128 e. The summed E-state index contributed by atoms with van der Waals surface area (Å²) >= 11 is 3.55. The van der Waals surface area contributed by atoms with E-state index in [1.165, 1.54) is 32.5 Å². The Morgan fingerprint density at radius 3 is 2.41 bits per heavy atom. The number of aromatic nitrogens is 2. The predicted octanol–water partition coefficient (Wildman–Crippen LogP) is 7.08. The molecule has 0 aliphatic heterocycles. The average Bonchev–Trinajstić information content (AvgIpc) is 3.03. The Kier molecular flexibility index (Phi) is 5.28. The van der Waals surface area contributed by atoms with Gasteiger partial charge in [0.1, 0.15) is 16.2 Å². The highest BCUT2D eigenvalue weighted by Crippen LogP contribution is 2.41. The first-order valence-electron chi connectivity index (χ1n) is 9.14. The quantitative estimate of drug-likeness (QED) is 0.269. The molecule has 4 heteroatoms. The van der Waals surface area contributed by atoms with E-state index in [0.717, 1.165) is 15.6 Å². The van der Waals surface area contributed by atoms with Crippen molar-refractivity contribution in [2.45, 2.75) is 37.5 Å². The Bertz CT molecular complexity index is 1050. The molecule has 0 spiro atoms. The molecule has 4 rings (SSSR count).